The number of carbonyl (C=O) groups excluding carboxylic acids is 1. The molecule has 2 aromatic carbocycles. The van der Waals surface area contributed by atoms with Crippen LogP contribution < -0.4 is 19.7 Å². The van der Waals surface area contributed by atoms with Gasteiger partial charge in [-0.1, -0.05) is 41.7 Å². The number of amides is 1. The standard InChI is InChI=1S/C22H22F2N4O3S2/c1-13-20(33(25)30)32-22(26-13)27(2)19(29)15-11-28(12-15)16-9-7-14(8-10-16)17-5-3-4-6-18(17)31-21(23)24/h3-10,15,21H,11-12,25H2,1-2H3. The lowest BCUT2D eigenvalue weighted by Gasteiger charge is -2.41. The van der Waals surface area contributed by atoms with Gasteiger partial charge in [0.05, 0.1) is 11.6 Å². The number of aromatic nitrogens is 1. The predicted molar refractivity (Wildman–Crippen MR) is 125 cm³/mol. The maximum atomic E-state index is 12.8. The highest BCUT2D eigenvalue weighted by molar-refractivity contribution is 7.85. The van der Waals surface area contributed by atoms with E-state index in [4.69, 9.17) is 5.14 Å². The van der Waals surface area contributed by atoms with Gasteiger partial charge < -0.3 is 9.64 Å². The summed E-state index contributed by atoms with van der Waals surface area (Å²) in [4.78, 5) is 20.7. The molecule has 0 saturated carbocycles. The number of hydrogen-bond acceptors (Lipinski definition) is 6. The van der Waals surface area contributed by atoms with Gasteiger partial charge in [0.2, 0.25) is 5.91 Å². The quantitative estimate of drug-likeness (QED) is 0.542. The molecule has 33 heavy (non-hydrogen) atoms. The molecule has 1 atom stereocenters. The van der Waals surface area contributed by atoms with Gasteiger partial charge in [0.15, 0.2) is 5.13 Å². The predicted octanol–water partition coefficient (Wildman–Crippen LogP) is 3.80. The lowest BCUT2D eigenvalue weighted by molar-refractivity contribution is -0.122. The second-order valence-electron chi connectivity index (χ2n) is 7.59. The van der Waals surface area contributed by atoms with Crippen LogP contribution in [0.4, 0.5) is 19.6 Å². The summed E-state index contributed by atoms with van der Waals surface area (Å²) in [5.41, 5.74) is 2.84. The van der Waals surface area contributed by atoms with E-state index in [1.165, 1.54) is 11.0 Å². The first-order valence-corrected chi connectivity index (χ1v) is 12.1. The number of hydrogen-bond donors (Lipinski definition) is 1. The van der Waals surface area contributed by atoms with E-state index in [1.54, 1.807) is 32.2 Å². The van der Waals surface area contributed by atoms with Crippen molar-refractivity contribution in [1.82, 2.24) is 4.98 Å². The zero-order valence-electron chi connectivity index (χ0n) is 17.9. The molecule has 0 spiro atoms. The third kappa shape index (κ3) is 4.90. The van der Waals surface area contributed by atoms with Crippen LogP contribution in [0.5, 0.6) is 5.75 Å². The Balaban J connectivity index is 1.40. The van der Waals surface area contributed by atoms with Gasteiger partial charge in [0.1, 0.15) is 20.9 Å². The third-order valence-electron chi connectivity index (χ3n) is 5.42. The number of benzene rings is 2. The molecule has 0 bridgehead atoms. The average Bonchev–Trinajstić information content (AvgIpc) is 3.14. The van der Waals surface area contributed by atoms with E-state index in [9.17, 15) is 17.8 Å². The Hall–Kier alpha value is -2.89. The van der Waals surface area contributed by atoms with Gasteiger partial charge >= 0.3 is 6.61 Å². The zero-order chi connectivity index (χ0) is 23.7. The molecule has 4 rings (SSSR count). The Morgan fingerprint density at radius 2 is 1.91 bits per heavy atom. The summed E-state index contributed by atoms with van der Waals surface area (Å²) in [6, 6.07) is 14.1. The Bertz CT molecular complexity index is 1180. The van der Waals surface area contributed by atoms with E-state index < -0.39 is 17.6 Å². The van der Waals surface area contributed by atoms with Crippen LogP contribution in [-0.2, 0) is 15.8 Å². The molecule has 11 heteroatoms. The highest BCUT2D eigenvalue weighted by atomic mass is 32.2. The maximum absolute atomic E-state index is 12.8. The zero-order valence-corrected chi connectivity index (χ0v) is 19.5. The summed E-state index contributed by atoms with van der Waals surface area (Å²) in [7, 11) is 0.0186. The molecule has 1 fully saturated rings. The summed E-state index contributed by atoms with van der Waals surface area (Å²) in [6.45, 7) is -0.0802. The van der Waals surface area contributed by atoms with E-state index in [0.29, 0.717) is 33.7 Å². The molecule has 1 amide bonds. The number of nitrogens with two attached hydrogens (primary N) is 1. The van der Waals surface area contributed by atoms with Crippen molar-refractivity contribution in [3.05, 3.63) is 54.2 Å². The van der Waals surface area contributed by atoms with Crippen molar-refractivity contribution in [3.8, 4) is 16.9 Å². The van der Waals surface area contributed by atoms with Crippen LogP contribution in [0.3, 0.4) is 0 Å². The molecule has 0 radical (unpaired) electrons. The van der Waals surface area contributed by atoms with Crippen molar-refractivity contribution >= 4 is 39.0 Å². The van der Waals surface area contributed by atoms with Crippen LogP contribution in [0.1, 0.15) is 5.69 Å². The molecule has 2 heterocycles. The number of rotatable bonds is 7. The van der Waals surface area contributed by atoms with E-state index in [-0.39, 0.29) is 17.6 Å². The maximum Gasteiger partial charge on any atom is 0.387 e. The van der Waals surface area contributed by atoms with E-state index in [1.807, 2.05) is 24.3 Å². The second kappa shape index (κ2) is 9.54. The number of anilines is 2. The Kier molecular flexibility index (Phi) is 6.73. The summed E-state index contributed by atoms with van der Waals surface area (Å²) in [6.07, 6.45) is 0. The van der Waals surface area contributed by atoms with Gasteiger partial charge in [0, 0.05) is 31.4 Å². The van der Waals surface area contributed by atoms with Gasteiger partial charge in [-0.2, -0.15) is 8.78 Å². The molecule has 1 unspecified atom stereocenters. The SMILES string of the molecule is Cc1nc(N(C)C(=O)C2CN(c3ccc(-c4ccccc4OC(F)F)cc3)C2)sc1S(N)=O. The molecular weight excluding hydrogens is 470 g/mol. The van der Waals surface area contributed by atoms with Crippen LogP contribution in [-0.4, -0.2) is 41.8 Å². The van der Waals surface area contributed by atoms with Crippen molar-refractivity contribution in [3.63, 3.8) is 0 Å². The van der Waals surface area contributed by atoms with Gasteiger partial charge in [0.25, 0.3) is 0 Å². The highest BCUT2D eigenvalue weighted by Crippen LogP contribution is 2.34. The number of alkyl halides is 2. The molecule has 0 aliphatic carbocycles. The molecule has 174 valence electrons. The van der Waals surface area contributed by atoms with E-state index in [2.05, 4.69) is 14.6 Å². The first kappa shape index (κ1) is 23.3. The minimum absolute atomic E-state index is 0.0657. The topological polar surface area (TPSA) is 88.8 Å². The number of aryl methyl sites for hydroxylation is 1. The Morgan fingerprint density at radius 1 is 1.24 bits per heavy atom. The smallest absolute Gasteiger partial charge is 0.387 e. The molecule has 1 aromatic heterocycles. The summed E-state index contributed by atoms with van der Waals surface area (Å²) >= 11 is 1.16. The first-order valence-electron chi connectivity index (χ1n) is 10.0. The van der Waals surface area contributed by atoms with Crippen LogP contribution in [0.25, 0.3) is 11.1 Å². The van der Waals surface area contributed by atoms with Crippen molar-refractivity contribution in [2.24, 2.45) is 11.1 Å². The van der Waals surface area contributed by atoms with Crippen LogP contribution in [0, 0.1) is 12.8 Å². The average molecular weight is 493 g/mol. The fraction of sp³-hybridized carbons (Fsp3) is 0.273. The molecular formula is C22H22F2N4O3S2. The third-order valence-corrected chi connectivity index (χ3v) is 7.85. The molecule has 1 aliphatic heterocycles. The van der Waals surface area contributed by atoms with Crippen LogP contribution in [0.15, 0.2) is 52.7 Å². The van der Waals surface area contributed by atoms with E-state index >= 15 is 0 Å². The second-order valence-corrected chi connectivity index (χ2v) is 9.83. The fourth-order valence-electron chi connectivity index (χ4n) is 3.67. The number of ether oxygens (including phenoxy) is 1. The van der Waals surface area contributed by atoms with Gasteiger partial charge in [-0.15, -0.1) is 0 Å². The number of nitrogens with zero attached hydrogens (tertiary/aromatic N) is 3. The monoisotopic (exact) mass is 492 g/mol. The molecule has 7 nitrogen and oxygen atoms in total. The number of carbonyl (C=O) groups is 1. The Morgan fingerprint density at radius 3 is 2.52 bits per heavy atom. The lowest BCUT2D eigenvalue weighted by atomic mass is 9.97. The first-order chi connectivity index (χ1) is 15.7. The minimum Gasteiger partial charge on any atom is -0.434 e. The highest BCUT2D eigenvalue weighted by Gasteiger charge is 2.36. The number of para-hydroxylation sites is 1. The molecule has 2 N–H and O–H groups in total. The van der Waals surface area contributed by atoms with Crippen molar-refractivity contribution < 1.29 is 22.5 Å². The summed E-state index contributed by atoms with van der Waals surface area (Å²) in [5, 5.41) is 5.92. The van der Waals surface area contributed by atoms with E-state index in [0.717, 1.165) is 22.6 Å². The minimum atomic E-state index is -2.89. The van der Waals surface area contributed by atoms with Gasteiger partial charge in [-0.25, -0.2) is 14.3 Å². The van der Waals surface area contributed by atoms with Crippen LogP contribution >= 0.6 is 11.3 Å². The summed E-state index contributed by atoms with van der Waals surface area (Å²) < 4.78 is 42.0. The van der Waals surface area contributed by atoms with Crippen LogP contribution in [0.2, 0.25) is 0 Å². The largest absolute Gasteiger partial charge is 0.434 e. The van der Waals surface area contributed by atoms with Gasteiger partial charge in [-0.3, -0.25) is 9.69 Å². The van der Waals surface area contributed by atoms with Crippen molar-refractivity contribution in [1.29, 1.82) is 0 Å². The number of halogens is 2. The fourth-order valence-corrected chi connectivity index (χ4v) is 5.33. The molecule has 1 saturated heterocycles. The van der Waals surface area contributed by atoms with Crippen molar-refractivity contribution in [2.45, 2.75) is 17.7 Å². The van der Waals surface area contributed by atoms with Gasteiger partial charge in [-0.05, 0) is 30.7 Å². The Labute approximate surface area is 196 Å². The molecule has 3 aromatic rings. The summed E-state index contributed by atoms with van der Waals surface area (Å²) in [5.74, 6) is -0.133. The lowest BCUT2D eigenvalue weighted by Crippen LogP contribution is -2.54. The normalized spacial score (nSPS) is 14.8. The van der Waals surface area contributed by atoms with Crippen molar-refractivity contribution in [2.75, 3.05) is 29.9 Å². The molecule has 1 aliphatic rings. The number of thiazole rings is 1.